The molecular formula is C45H50Cl4N10O4S. The smallest absolute Gasteiger partial charge is 0.180 e. The molecule has 0 bridgehead atoms. The summed E-state index contributed by atoms with van der Waals surface area (Å²) in [6.45, 7) is 10.1. The molecule has 0 aliphatic carbocycles. The fourth-order valence-electron chi connectivity index (χ4n) is 10.3. The van der Waals surface area contributed by atoms with Gasteiger partial charge in [0.2, 0.25) is 0 Å². The second-order valence-electron chi connectivity index (χ2n) is 17.8. The molecule has 0 radical (unpaired) electrons. The van der Waals surface area contributed by atoms with Crippen molar-refractivity contribution < 1.29 is 19.3 Å². The van der Waals surface area contributed by atoms with Gasteiger partial charge >= 0.3 is 0 Å². The number of benzene rings is 2. The van der Waals surface area contributed by atoms with Crippen molar-refractivity contribution in [1.82, 2.24) is 29.2 Å². The van der Waals surface area contributed by atoms with Crippen LogP contribution in [0.25, 0.3) is 22.4 Å². The van der Waals surface area contributed by atoms with Gasteiger partial charge in [-0.3, -0.25) is 8.80 Å². The van der Waals surface area contributed by atoms with Crippen LogP contribution in [0.4, 0.5) is 11.6 Å². The molecule has 5 N–H and O–H groups in total. The van der Waals surface area contributed by atoms with E-state index in [2.05, 4.69) is 44.3 Å². The van der Waals surface area contributed by atoms with Gasteiger partial charge in [-0.15, -0.1) is 20.4 Å². The van der Waals surface area contributed by atoms with Gasteiger partial charge < -0.3 is 40.6 Å². The fourth-order valence-corrected chi connectivity index (χ4v) is 12.2. The molecule has 19 heteroatoms. The van der Waals surface area contributed by atoms with Crippen LogP contribution in [0.2, 0.25) is 20.1 Å². The summed E-state index contributed by atoms with van der Waals surface area (Å²) in [6.07, 6.45) is 3.46. The maximum Gasteiger partial charge on any atom is 0.180 e. The number of nitrogens with two attached hydrogens (primary N) is 2. The van der Waals surface area contributed by atoms with Crippen molar-refractivity contribution in [3.05, 3.63) is 85.8 Å². The molecule has 6 aromatic rings. The minimum atomic E-state index is -0.326. The highest BCUT2D eigenvalue weighted by Gasteiger charge is 2.49. The Labute approximate surface area is 395 Å². The average molecular weight is 969 g/mol. The summed E-state index contributed by atoms with van der Waals surface area (Å²) in [7, 11) is 0. The Morgan fingerprint density at radius 1 is 0.750 bits per heavy atom. The number of ether oxygens (including phenoxy) is 3. The first-order valence-corrected chi connectivity index (χ1v) is 24.0. The standard InChI is InChI=1S/C45H50Cl4N10O4S/c1-24-18-34(56-14-10-44(11-15-56)22-62-25(2)40(44)50)59-33(53-54-42(59)36(24)27-6-4-7-28(46)37(27)48)21-61-30-19-35(57-16-12-45(13-17-57)23-63-26(3)41(45)51)58-32(20-60)52-55-43(58)39(30)64-31-9-5-8-29(47)38(31)49/h4-9,18-19,25-26,40-41,60H,10-17,20-23,50-51H2,1-3H3/t25-,26-,40+,41?/m0/s1. The summed E-state index contributed by atoms with van der Waals surface area (Å²) >= 11 is 28.2. The molecule has 4 atom stereocenters. The zero-order valence-electron chi connectivity index (χ0n) is 35.7. The molecule has 64 heavy (non-hydrogen) atoms. The Morgan fingerprint density at radius 3 is 1.89 bits per heavy atom. The maximum absolute atomic E-state index is 10.6. The van der Waals surface area contributed by atoms with Crippen LogP contribution in [-0.4, -0.2) is 98.0 Å². The average Bonchev–Trinajstić information content (AvgIpc) is 4.06. The number of rotatable bonds is 9. The maximum atomic E-state index is 10.6. The van der Waals surface area contributed by atoms with Crippen LogP contribution in [0.5, 0.6) is 5.75 Å². The second kappa shape index (κ2) is 17.2. The van der Waals surface area contributed by atoms with E-state index in [0.717, 1.165) is 67.1 Å². The number of aliphatic hydroxyl groups is 1. The normalized spacial score (nSPS) is 23.1. The zero-order valence-corrected chi connectivity index (χ0v) is 39.6. The summed E-state index contributed by atoms with van der Waals surface area (Å²) in [5.74, 6) is 3.19. The van der Waals surface area contributed by atoms with Crippen LogP contribution in [0.3, 0.4) is 0 Å². The van der Waals surface area contributed by atoms with Gasteiger partial charge in [0.05, 0.1) is 50.4 Å². The number of anilines is 2. The van der Waals surface area contributed by atoms with Gasteiger partial charge in [-0.25, -0.2) is 0 Å². The molecule has 10 rings (SSSR count). The van der Waals surface area contributed by atoms with Gasteiger partial charge in [-0.05, 0) is 76.3 Å². The van der Waals surface area contributed by atoms with Gasteiger partial charge in [0.1, 0.15) is 30.6 Å². The molecule has 8 heterocycles. The quantitative estimate of drug-likeness (QED) is 0.127. The molecule has 2 aromatic carbocycles. The van der Waals surface area contributed by atoms with Crippen molar-refractivity contribution in [2.75, 3.05) is 49.2 Å². The lowest BCUT2D eigenvalue weighted by Gasteiger charge is -2.42. The number of piperidine rings is 2. The number of hydrogen-bond donors (Lipinski definition) is 3. The number of nitrogens with zero attached hydrogens (tertiary/aromatic N) is 8. The van der Waals surface area contributed by atoms with Gasteiger partial charge in [0, 0.05) is 71.2 Å². The third-order valence-electron chi connectivity index (χ3n) is 14.3. The first-order chi connectivity index (χ1) is 30.8. The predicted octanol–water partition coefficient (Wildman–Crippen LogP) is 8.25. The molecule has 4 fully saturated rings. The molecule has 4 aliphatic heterocycles. The molecule has 338 valence electrons. The van der Waals surface area contributed by atoms with E-state index in [1.807, 2.05) is 41.7 Å². The Hall–Kier alpha value is -3.61. The minimum Gasteiger partial charge on any atom is -0.484 e. The molecule has 4 aliphatic rings. The third kappa shape index (κ3) is 7.38. The first-order valence-electron chi connectivity index (χ1n) is 21.7. The van der Waals surface area contributed by atoms with Crippen molar-refractivity contribution in [1.29, 1.82) is 0 Å². The Kier molecular flexibility index (Phi) is 11.9. The van der Waals surface area contributed by atoms with Gasteiger partial charge in [-0.1, -0.05) is 76.4 Å². The molecular weight excluding hydrogens is 918 g/mol. The van der Waals surface area contributed by atoms with Crippen molar-refractivity contribution in [2.24, 2.45) is 22.3 Å². The Morgan fingerprint density at radius 2 is 1.30 bits per heavy atom. The van der Waals surface area contributed by atoms with Gasteiger partial charge in [-0.2, -0.15) is 0 Å². The van der Waals surface area contributed by atoms with Crippen LogP contribution >= 0.6 is 58.2 Å². The highest BCUT2D eigenvalue weighted by Crippen LogP contribution is 2.48. The number of aromatic nitrogens is 6. The van der Waals surface area contributed by atoms with Crippen molar-refractivity contribution in [2.45, 2.75) is 93.8 Å². The second-order valence-corrected chi connectivity index (χ2v) is 20.4. The Balaban J connectivity index is 1.08. The summed E-state index contributed by atoms with van der Waals surface area (Å²) in [4.78, 5) is 5.99. The molecule has 0 amide bonds. The number of fused-ring (bicyclic) bond motifs is 2. The summed E-state index contributed by atoms with van der Waals surface area (Å²) < 4.78 is 23.1. The summed E-state index contributed by atoms with van der Waals surface area (Å²) in [5, 5.41) is 31.1. The monoisotopic (exact) mass is 966 g/mol. The number of aryl methyl sites for hydroxylation is 1. The number of hydrogen-bond acceptors (Lipinski definition) is 13. The van der Waals surface area contributed by atoms with E-state index < -0.39 is 0 Å². The van der Waals surface area contributed by atoms with E-state index in [4.69, 9.17) is 82.3 Å². The van der Waals surface area contributed by atoms with Crippen molar-refractivity contribution >= 4 is 81.1 Å². The molecule has 1 unspecified atom stereocenters. The highest BCUT2D eigenvalue weighted by atomic mass is 35.5. The predicted molar refractivity (Wildman–Crippen MR) is 252 cm³/mol. The molecule has 0 saturated carbocycles. The topological polar surface area (TPSA) is 167 Å². The lowest BCUT2D eigenvalue weighted by atomic mass is 9.73. The number of aliphatic hydroxyl groups excluding tert-OH is 1. The van der Waals surface area contributed by atoms with Crippen LogP contribution in [0, 0.1) is 17.8 Å². The van der Waals surface area contributed by atoms with Crippen LogP contribution in [0.15, 0.2) is 58.3 Å². The molecule has 2 spiro atoms. The third-order valence-corrected chi connectivity index (χ3v) is 17.2. The lowest BCUT2D eigenvalue weighted by molar-refractivity contribution is 0.0973. The van der Waals surface area contributed by atoms with Crippen LogP contribution < -0.4 is 26.0 Å². The number of pyridine rings is 2. The SMILES string of the molecule is Cc1cc(N2CCC3(CC2)CO[C@@H](C)[C@H]3N)n2c(COc3cc(N4CCC5(CC4)CO[C@@H](C)C5N)n4c(CO)nnc4c3Sc3cccc(Cl)c3Cl)nnc2c1-c1cccc(Cl)c1Cl. The van der Waals surface area contributed by atoms with E-state index in [1.165, 1.54) is 11.8 Å². The summed E-state index contributed by atoms with van der Waals surface area (Å²) in [5.41, 5.74) is 17.0. The van der Waals surface area contributed by atoms with E-state index in [-0.39, 0.29) is 48.3 Å². The largest absolute Gasteiger partial charge is 0.484 e. The minimum absolute atomic E-state index is 0.00138. The number of halogens is 4. The molecule has 4 saturated heterocycles. The zero-order chi connectivity index (χ0) is 44.7. The summed E-state index contributed by atoms with van der Waals surface area (Å²) in [6, 6.07) is 15.2. The first kappa shape index (κ1) is 44.2. The lowest BCUT2D eigenvalue weighted by Crippen LogP contribution is -2.51. The fraction of sp³-hybridized carbons (Fsp3) is 0.467. The van der Waals surface area contributed by atoms with Crippen LogP contribution in [0.1, 0.15) is 56.7 Å². The molecule has 4 aromatic heterocycles. The van der Waals surface area contributed by atoms with E-state index >= 15 is 0 Å². The van der Waals surface area contributed by atoms with E-state index in [0.29, 0.717) is 84.9 Å². The van der Waals surface area contributed by atoms with E-state index in [1.54, 1.807) is 12.1 Å². The van der Waals surface area contributed by atoms with Crippen molar-refractivity contribution in [3.8, 4) is 16.9 Å². The van der Waals surface area contributed by atoms with Gasteiger partial charge in [0.25, 0.3) is 0 Å². The van der Waals surface area contributed by atoms with Crippen molar-refractivity contribution in [3.63, 3.8) is 0 Å². The van der Waals surface area contributed by atoms with Gasteiger partial charge in [0.15, 0.2) is 22.9 Å². The highest BCUT2D eigenvalue weighted by molar-refractivity contribution is 7.99. The Bertz CT molecular complexity index is 2760. The molecule has 14 nitrogen and oxygen atoms in total. The van der Waals surface area contributed by atoms with Crippen LogP contribution in [-0.2, 0) is 22.7 Å². The van der Waals surface area contributed by atoms with E-state index in [9.17, 15) is 5.11 Å².